The zero-order chi connectivity index (χ0) is 13.8. The summed E-state index contributed by atoms with van der Waals surface area (Å²) in [4.78, 5) is 11.3. The molecule has 104 valence electrons. The van der Waals surface area contributed by atoms with Gasteiger partial charge in [0.25, 0.3) is 0 Å². The molecule has 0 radical (unpaired) electrons. The summed E-state index contributed by atoms with van der Waals surface area (Å²) < 4.78 is 5.38. The molecule has 0 aromatic heterocycles. The lowest BCUT2D eigenvalue weighted by Crippen LogP contribution is -2.29. The van der Waals surface area contributed by atoms with E-state index in [4.69, 9.17) is 10.5 Å². The van der Waals surface area contributed by atoms with Crippen molar-refractivity contribution in [3.8, 4) is 0 Å². The molecule has 0 bridgehead atoms. The number of benzene rings is 1. The number of hydrogen-bond acceptors (Lipinski definition) is 3. The largest absolute Gasteiger partial charge is 0.382 e. The van der Waals surface area contributed by atoms with E-state index in [2.05, 4.69) is 5.32 Å². The molecule has 1 fully saturated rings. The van der Waals surface area contributed by atoms with Crippen molar-refractivity contribution in [2.24, 2.45) is 5.73 Å². The summed E-state index contributed by atoms with van der Waals surface area (Å²) in [5.41, 5.74) is 7.91. The fourth-order valence-corrected chi connectivity index (χ4v) is 2.72. The minimum Gasteiger partial charge on any atom is -0.382 e. The Balaban J connectivity index is 2.04. The molecule has 1 aliphatic rings. The fourth-order valence-electron chi connectivity index (χ4n) is 2.72. The van der Waals surface area contributed by atoms with E-state index in [1.54, 1.807) is 13.2 Å². The molecule has 0 atom stereocenters. The van der Waals surface area contributed by atoms with Crippen LogP contribution >= 0.6 is 0 Å². The molecule has 1 amide bonds. The van der Waals surface area contributed by atoms with Crippen molar-refractivity contribution >= 4 is 11.6 Å². The van der Waals surface area contributed by atoms with Gasteiger partial charge in [-0.3, -0.25) is 4.79 Å². The Bertz CT molecular complexity index is 451. The van der Waals surface area contributed by atoms with Gasteiger partial charge >= 0.3 is 0 Å². The van der Waals surface area contributed by atoms with E-state index in [0.29, 0.717) is 17.7 Å². The average Bonchev–Trinajstić information content (AvgIpc) is 2.41. The Kier molecular flexibility index (Phi) is 4.43. The second kappa shape index (κ2) is 6.06. The van der Waals surface area contributed by atoms with Gasteiger partial charge in [0.05, 0.1) is 6.10 Å². The normalized spacial score (nSPS) is 23.1. The lowest BCUT2D eigenvalue weighted by Gasteiger charge is -2.29. The van der Waals surface area contributed by atoms with Crippen LogP contribution in [0.2, 0.25) is 0 Å². The van der Waals surface area contributed by atoms with Crippen LogP contribution in [0.15, 0.2) is 18.2 Å². The molecule has 1 aliphatic carbocycles. The monoisotopic (exact) mass is 262 g/mol. The number of hydrogen-bond donors (Lipinski definition) is 2. The second-order valence-corrected chi connectivity index (χ2v) is 5.20. The summed E-state index contributed by atoms with van der Waals surface area (Å²) in [6, 6.07) is 6.10. The predicted molar refractivity (Wildman–Crippen MR) is 76.4 cm³/mol. The van der Waals surface area contributed by atoms with Crippen LogP contribution in [0.25, 0.3) is 0 Å². The number of primary amides is 1. The topological polar surface area (TPSA) is 64.3 Å². The van der Waals surface area contributed by atoms with Crippen molar-refractivity contribution in [1.29, 1.82) is 0 Å². The van der Waals surface area contributed by atoms with E-state index in [9.17, 15) is 4.79 Å². The van der Waals surface area contributed by atoms with Gasteiger partial charge in [0.15, 0.2) is 0 Å². The molecule has 1 aromatic carbocycles. The minimum absolute atomic E-state index is 0.371. The molecule has 1 saturated carbocycles. The highest BCUT2D eigenvalue weighted by atomic mass is 16.5. The number of methoxy groups -OCH3 is 1. The maximum atomic E-state index is 11.3. The number of carbonyl (C=O) groups is 1. The number of amides is 1. The van der Waals surface area contributed by atoms with Gasteiger partial charge < -0.3 is 15.8 Å². The zero-order valence-electron chi connectivity index (χ0n) is 11.6. The summed E-state index contributed by atoms with van der Waals surface area (Å²) in [7, 11) is 1.78. The molecule has 0 spiro atoms. The highest BCUT2D eigenvalue weighted by Gasteiger charge is 2.21. The van der Waals surface area contributed by atoms with Crippen LogP contribution in [0.5, 0.6) is 0 Å². The van der Waals surface area contributed by atoms with Gasteiger partial charge in [-0.05, 0) is 50.3 Å². The Morgan fingerprint density at radius 3 is 2.58 bits per heavy atom. The second-order valence-electron chi connectivity index (χ2n) is 5.20. The molecule has 0 unspecified atom stereocenters. The van der Waals surface area contributed by atoms with Crippen LogP contribution in [-0.4, -0.2) is 25.2 Å². The third-order valence-corrected chi connectivity index (χ3v) is 3.97. The molecule has 3 N–H and O–H groups in total. The molecular weight excluding hydrogens is 240 g/mol. The standard InChI is InChI=1S/C15H22N2O2/c1-10-13(15(16)18)4-3-5-14(10)17-11-6-8-12(19-2)9-7-11/h3-5,11-12,17H,6-9H2,1-2H3,(H2,16,18). The van der Waals surface area contributed by atoms with Crippen LogP contribution < -0.4 is 11.1 Å². The fraction of sp³-hybridized carbons (Fsp3) is 0.533. The van der Waals surface area contributed by atoms with Gasteiger partial charge in [-0.1, -0.05) is 6.07 Å². The number of rotatable bonds is 4. The van der Waals surface area contributed by atoms with E-state index in [1.165, 1.54) is 0 Å². The number of nitrogens with one attached hydrogen (secondary N) is 1. The van der Waals surface area contributed by atoms with Gasteiger partial charge in [0.1, 0.15) is 0 Å². The van der Waals surface area contributed by atoms with Crippen LogP contribution in [0.3, 0.4) is 0 Å². The van der Waals surface area contributed by atoms with E-state index in [0.717, 1.165) is 36.9 Å². The van der Waals surface area contributed by atoms with Gasteiger partial charge in [0.2, 0.25) is 5.91 Å². The Labute approximate surface area is 114 Å². The number of carbonyl (C=O) groups excluding carboxylic acids is 1. The highest BCUT2D eigenvalue weighted by molar-refractivity contribution is 5.95. The Morgan fingerprint density at radius 1 is 1.32 bits per heavy atom. The van der Waals surface area contributed by atoms with Gasteiger partial charge in [-0.2, -0.15) is 0 Å². The van der Waals surface area contributed by atoms with Crippen molar-refractivity contribution in [2.75, 3.05) is 12.4 Å². The summed E-state index contributed by atoms with van der Waals surface area (Å²) in [5, 5.41) is 3.53. The average molecular weight is 262 g/mol. The van der Waals surface area contributed by atoms with Crippen molar-refractivity contribution in [2.45, 2.75) is 44.8 Å². The van der Waals surface area contributed by atoms with E-state index in [-0.39, 0.29) is 5.91 Å². The molecule has 0 heterocycles. The minimum atomic E-state index is -0.371. The number of nitrogens with two attached hydrogens (primary N) is 1. The highest BCUT2D eigenvalue weighted by Crippen LogP contribution is 2.26. The molecule has 0 aliphatic heterocycles. The predicted octanol–water partition coefficient (Wildman–Crippen LogP) is 2.46. The molecule has 4 heteroatoms. The van der Waals surface area contributed by atoms with Crippen molar-refractivity contribution in [1.82, 2.24) is 0 Å². The first-order valence-corrected chi connectivity index (χ1v) is 6.80. The van der Waals surface area contributed by atoms with Gasteiger partial charge in [0, 0.05) is 24.4 Å². The maximum Gasteiger partial charge on any atom is 0.249 e. The Hall–Kier alpha value is -1.55. The summed E-state index contributed by atoms with van der Waals surface area (Å²) in [6.45, 7) is 1.93. The smallest absolute Gasteiger partial charge is 0.249 e. The van der Waals surface area contributed by atoms with Crippen LogP contribution in [-0.2, 0) is 4.74 Å². The van der Waals surface area contributed by atoms with Crippen molar-refractivity contribution in [3.05, 3.63) is 29.3 Å². The van der Waals surface area contributed by atoms with Gasteiger partial charge in [-0.25, -0.2) is 0 Å². The quantitative estimate of drug-likeness (QED) is 0.876. The molecule has 1 aromatic rings. The van der Waals surface area contributed by atoms with Crippen LogP contribution in [0.1, 0.15) is 41.6 Å². The van der Waals surface area contributed by atoms with E-state index < -0.39 is 0 Å². The summed E-state index contributed by atoms with van der Waals surface area (Å²) in [5.74, 6) is -0.371. The van der Waals surface area contributed by atoms with E-state index >= 15 is 0 Å². The molecule has 0 saturated heterocycles. The first kappa shape index (κ1) is 13.9. The van der Waals surface area contributed by atoms with Gasteiger partial charge in [-0.15, -0.1) is 0 Å². The van der Waals surface area contributed by atoms with Crippen molar-refractivity contribution < 1.29 is 9.53 Å². The molecule has 19 heavy (non-hydrogen) atoms. The molecular formula is C15H22N2O2. The third-order valence-electron chi connectivity index (χ3n) is 3.97. The van der Waals surface area contributed by atoms with Crippen LogP contribution in [0, 0.1) is 6.92 Å². The summed E-state index contributed by atoms with van der Waals surface area (Å²) in [6.07, 6.45) is 4.76. The molecule has 4 nitrogen and oxygen atoms in total. The zero-order valence-corrected chi connectivity index (χ0v) is 11.6. The first-order valence-electron chi connectivity index (χ1n) is 6.80. The summed E-state index contributed by atoms with van der Waals surface area (Å²) >= 11 is 0. The third kappa shape index (κ3) is 3.26. The SMILES string of the molecule is COC1CCC(Nc2cccc(C(N)=O)c2C)CC1. The lowest BCUT2D eigenvalue weighted by atomic mass is 9.92. The number of ether oxygens (including phenoxy) is 1. The molecule has 2 rings (SSSR count). The first-order chi connectivity index (χ1) is 9.11. The van der Waals surface area contributed by atoms with E-state index in [1.807, 2.05) is 19.1 Å². The Morgan fingerprint density at radius 2 is 2.00 bits per heavy atom. The van der Waals surface area contributed by atoms with Crippen LogP contribution in [0.4, 0.5) is 5.69 Å². The lowest BCUT2D eigenvalue weighted by molar-refractivity contribution is 0.0682. The number of anilines is 1. The maximum absolute atomic E-state index is 11.3. The van der Waals surface area contributed by atoms with Crippen molar-refractivity contribution in [3.63, 3.8) is 0 Å².